The number of nitrogens with zero attached hydrogens (tertiary/aromatic N) is 1. The number of carbonyl (C=O) groups is 1. The Morgan fingerprint density at radius 3 is 2.61 bits per heavy atom. The zero-order chi connectivity index (χ0) is 17.0. The lowest BCUT2D eigenvalue weighted by atomic mass is 9.97. The standard InChI is InChI=1S/C18H28N2O3/c1-5-12(3)17(19)18(21)20(6-2)13(4)9-14-7-8-15-16(10-14)23-11-22-15/h7-8,10,12-13,17H,5-6,9,11,19H2,1-4H3/t12-,13?,17-/m0/s1. The second kappa shape index (κ2) is 7.68. The molecule has 0 radical (unpaired) electrons. The quantitative estimate of drug-likeness (QED) is 0.838. The van der Waals surface area contributed by atoms with Crippen molar-refractivity contribution in [3.05, 3.63) is 23.8 Å². The smallest absolute Gasteiger partial charge is 0.239 e. The van der Waals surface area contributed by atoms with E-state index in [1.54, 1.807) is 0 Å². The highest BCUT2D eigenvalue weighted by Crippen LogP contribution is 2.33. The van der Waals surface area contributed by atoms with Gasteiger partial charge in [-0.1, -0.05) is 26.3 Å². The van der Waals surface area contributed by atoms with Crippen LogP contribution in [0.25, 0.3) is 0 Å². The van der Waals surface area contributed by atoms with Gasteiger partial charge in [0.25, 0.3) is 0 Å². The van der Waals surface area contributed by atoms with Crippen molar-refractivity contribution in [2.45, 2.75) is 52.6 Å². The van der Waals surface area contributed by atoms with Crippen molar-refractivity contribution in [2.75, 3.05) is 13.3 Å². The number of likely N-dealkylation sites (N-methyl/N-ethyl adjacent to an activating group) is 1. The molecule has 1 aromatic carbocycles. The molecule has 3 atom stereocenters. The van der Waals surface area contributed by atoms with Gasteiger partial charge in [0.2, 0.25) is 12.7 Å². The highest BCUT2D eigenvalue weighted by molar-refractivity contribution is 5.82. The summed E-state index contributed by atoms with van der Waals surface area (Å²) in [5, 5.41) is 0. The van der Waals surface area contributed by atoms with Crippen molar-refractivity contribution in [2.24, 2.45) is 11.7 Å². The summed E-state index contributed by atoms with van der Waals surface area (Å²) in [6, 6.07) is 5.60. The molecule has 0 saturated carbocycles. The number of benzene rings is 1. The molecule has 2 N–H and O–H groups in total. The lowest BCUT2D eigenvalue weighted by Crippen LogP contribution is -2.50. The molecule has 0 spiro atoms. The topological polar surface area (TPSA) is 64.8 Å². The molecule has 1 aliphatic heterocycles. The summed E-state index contributed by atoms with van der Waals surface area (Å²) in [6.07, 6.45) is 1.67. The molecule has 1 heterocycles. The number of carbonyl (C=O) groups excluding carboxylic acids is 1. The van der Waals surface area contributed by atoms with Crippen LogP contribution in [0.3, 0.4) is 0 Å². The van der Waals surface area contributed by atoms with Gasteiger partial charge in [-0.25, -0.2) is 0 Å². The minimum atomic E-state index is -0.431. The Balaban J connectivity index is 2.05. The Kier molecular flexibility index (Phi) is 5.88. The van der Waals surface area contributed by atoms with Crippen LogP contribution in [0.5, 0.6) is 11.5 Å². The van der Waals surface area contributed by atoms with E-state index in [1.807, 2.05) is 36.9 Å². The molecule has 5 nitrogen and oxygen atoms in total. The van der Waals surface area contributed by atoms with Gasteiger partial charge < -0.3 is 20.1 Å². The van der Waals surface area contributed by atoms with E-state index < -0.39 is 6.04 Å². The van der Waals surface area contributed by atoms with E-state index in [9.17, 15) is 4.79 Å². The summed E-state index contributed by atoms with van der Waals surface area (Å²) in [4.78, 5) is 14.5. The first-order valence-corrected chi connectivity index (χ1v) is 8.42. The summed E-state index contributed by atoms with van der Waals surface area (Å²) in [5.74, 6) is 1.79. The summed E-state index contributed by atoms with van der Waals surface area (Å²) in [6.45, 7) is 9.09. The Morgan fingerprint density at radius 2 is 1.96 bits per heavy atom. The Morgan fingerprint density at radius 1 is 1.26 bits per heavy atom. The van der Waals surface area contributed by atoms with Crippen molar-refractivity contribution >= 4 is 5.91 Å². The number of amides is 1. The van der Waals surface area contributed by atoms with Gasteiger partial charge in [0.15, 0.2) is 11.5 Å². The van der Waals surface area contributed by atoms with E-state index in [1.165, 1.54) is 0 Å². The second-order valence-electron chi connectivity index (χ2n) is 6.28. The molecule has 2 rings (SSSR count). The highest BCUT2D eigenvalue weighted by Gasteiger charge is 2.27. The van der Waals surface area contributed by atoms with Crippen LogP contribution in [-0.4, -0.2) is 36.2 Å². The maximum atomic E-state index is 12.6. The molecule has 1 aliphatic rings. The molecule has 0 aromatic heterocycles. The van der Waals surface area contributed by atoms with Gasteiger partial charge in [0.05, 0.1) is 6.04 Å². The maximum absolute atomic E-state index is 12.6. The van der Waals surface area contributed by atoms with Crippen molar-refractivity contribution < 1.29 is 14.3 Å². The van der Waals surface area contributed by atoms with E-state index >= 15 is 0 Å². The third kappa shape index (κ3) is 3.96. The minimum Gasteiger partial charge on any atom is -0.454 e. The fourth-order valence-electron chi connectivity index (χ4n) is 2.89. The number of ether oxygens (including phenoxy) is 2. The van der Waals surface area contributed by atoms with Crippen molar-refractivity contribution in [1.82, 2.24) is 4.90 Å². The van der Waals surface area contributed by atoms with Gasteiger partial charge in [-0.05, 0) is 43.9 Å². The Hall–Kier alpha value is -1.75. The van der Waals surface area contributed by atoms with Crippen molar-refractivity contribution in [3.8, 4) is 11.5 Å². The number of rotatable bonds is 7. The molecule has 5 heteroatoms. The van der Waals surface area contributed by atoms with Crippen LogP contribution in [0.4, 0.5) is 0 Å². The van der Waals surface area contributed by atoms with Gasteiger partial charge in [0.1, 0.15) is 0 Å². The first-order chi connectivity index (χ1) is 11.0. The SMILES string of the molecule is CC[C@H](C)[C@H](N)C(=O)N(CC)C(C)Cc1ccc2c(c1)OCO2. The Bertz CT molecular complexity index is 547. The van der Waals surface area contributed by atoms with E-state index in [0.717, 1.165) is 29.9 Å². The summed E-state index contributed by atoms with van der Waals surface area (Å²) >= 11 is 0. The van der Waals surface area contributed by atoms with E-state index in [0.29, 0.717) is 6.54 Å². The third-order valence-corrected chi connectivity index (χ3v) is 4.67. The Labute approximate surface area is 138 Å². The van der Waals surface area contributed by atoms with Crippen LogP contribution in [0.2, 0.25) is 0 Å². The average Bonchev–Trinajstić information content (AvgIpc) is 3.01. The number of fused-ring (bicyclic) bond motifs is 1. The first-order valence-electron chi connectivity index (χ1n) is 8.42. The van der Waals surface area contributed by atoms with Gasteiger partial charge in [-0.3, -0.25) is 4.79 Å². The molecule has 1 unspecified atom stereocenters. The van der Waals surface area contributed by atoms with Crippen molar-refractivity contribution in [3.63, 3.8) is 0 Å². The zero-order valence-electron chi connectivity index (χ0n) is 14.5. The molecule has 0 saturated heterocycles. The van der Waals surface area contributed by atoms with E-state index in [2.05, 4.69) is 13.8 Å². The molecule has 1 aromatic rings. The molecular weight excluding hydrogens is 292 g/mol. The van der Waals surface area contributed by atoms with Crippen molar-refractivity contribution in [1.29, 1.82) is 0 Å². The molecule has 0 bridgehead atoms. The van der Waals surface area contributed by atoms with Crippen LogP contribution in [0.15, 0.2) is 18.2 Å². The van der Waals surface area contributed by atoms with Crippen LogP contribution in [-0.2, 0) is 11.2 Å². The number of hydrogen-bond acceptors (Lipinski definition) is 4. The molecule has 0 aliphatic carbocycles. The molecule has 23 heavy (non-hydrogen) atoms. The molecule has 128 valence electrons. The lowest BCUT2D eigenvalue weighted by Gasteiger charge is -2.32. The lowest BCUT2D eigenvalue weighted by molar-refractivity contribution is -0.135. The molecule has 0 fully saturated rings. The zero-order valence-corrected chi connectivity index (χ0v) is 14.5. The summed E-state index contributed by atoms with van der Waals surface area (Å²) in [5.41, 5.74) is 7.25. The van der Waals surface area contributed by atoms with E-state index in [-0.39, 0.29) is 24.7 Å². The van der Waals surface area contributed by atoms with Gasteiger partial charge in [0, 0.05) is 12.6 Å². The van der Waals surface area contributed by atoms with E-state index in [4.69, 9.17) is 15.2 Å². The van der Waals surface area contributed by atoms with Crippen LogP contribution >= 0.6 is 0 Å². The largest absolute Gasteiger partial charge is 0.454 e. The number of hydrogen-bond donors (Lipinski definition) is 1. The minimum absolute atomic E-state index is 0.0371. The number of nitrogens with two attached hydrogens (primary N) is 1. The maximum Gasteiger partial charge on any atom is 0.239 e. The average molecular weight is 320 g/mol. The highest BCUT2D eigenvalue weighted by atomic mass is 16.7. The summed E-state index contributed by atoms with van der Waals surface area (Å²) in [7, 11) is 0. The normalized spacial score (nSPS) is 16.7. The van der Waals surface area contributed by atoms with Crippen LogP contribution in [0.1, 0.15) is 39.7 Å². The predicted molar refractivity (Wildman–Crippen MR) is 90.5 cm³/mol. The van der Waals surface area contributed by atoms with Gasteiger partial charge in [-0.15, -0.1) is 0 Å². The molecular formula is C18H28N2O3. The van der Waals surface area contributed by atoms with Crippen LogP contribution < -0.4 is 15.2 Å². The van der Waals surface area contributed by atoms with Crippen LogP contribution in [0, 0.1) is 5.92 Å². The third-order valence-electron chi connectivity index (χ3n) is 4.67. The first kappa shape index (κ1) is 17.6. The predicted octanol–water partition coefficient (Wildman–Crippen LogP) is 2.57. The van der Waals surface area contributed by atoms with Gasteiger partial charge in [-0.2, -0.15) is 0 Å². The summed E-state index contributed by atoms with van der Waals surface area (Å²) < 4.78 is 10.7. The second-order valence-corrected chi connectivity index (χ2v) is 6.28. The monoisotopic (exact) mass is 320 g/mol. The fraction of sp³-hybridized carbons (Fsp3) is 0.611. The molecule has 1 amide bonds. The fourth-order valence-corrected chi connectivity index (χ4v) is 2.89. The van der Waals surface area contributed by atoms with Gasteiger partial charge >= 0.3 is 0 Å².